The molecule has 0 saturated carbocycles. The Balaban J connectivity index is 2.36. The average Bonchev–Trinajstić information content (AvgIpc) is 2.88. The lowest BCUT2D eigenvalue weighted by molar-refractivity contribution is 0.178. The zero-order chi connectivity index (χ0) is 15.4. The van der Waals surface area contributed by atoms with Crippen molar-refractivity contribution in [1.29, 1.82) is 0 Å². The summed E-state index contributed by atoms with van der Waals surface area (Å²) in [6.45, 7) is 2.24. The van der Waals surface area contributed by atoms with Crippen molar-refractivity contribution in [1.82, 2.24) is 4.90 Å². The number of rotatable bonds is 6. The summed E-state index contributed by atoms with van der Waals surface area (Å²) in [5, 5.41) is 0. The third-order valence-electron chi connectivity index (χ3n) is 4.27. The number of nitrogens with zero attached hydrogens (tertiary/aromatic N) is 1. The van der Waals surface area contributed by atoms with Gasteiger partial charge in [-0.15, -0.1) is 0 Å². The van der Waals surface area contributed by atoms with Crippen molar-refractivity contribution in [2.45, 2.75) is 19.1 Å². The van der Waals surface area contributed by atoms with E-state index in [1.165, 1.54) is 5.56 Å². The van der Waals surface area contributed by atoms with Crippen LogP contribution in [0, 0.1) is 5.92 Å². The Hall–Kier alpha value is -1.30. The van der Waals surface area contributed by atoms with Gasteiger partial charge in [-0.2, -0.15) is 0 Å². The summed E-state index contributed by atoms with van der Waals surface area (Å²) in [5.74, 6) is 2.18. The molecule has 2 rings (SSSR count). The molecule has 5 nitrogen and oxygen atoms in total. The lowest BCUT2D eigenvalue weighted by atomic mass is 9.98. The third kappa shape index (κ3) is 3.31. The predicted octanol–water partition coefficient (Wildman–Crippen LogP) is 1.80. The quantitative estimate of drug-likeness (QED) is 0.867. The van der Waals surface area contributed by atoms with Crippen LogP contribution in [0.25, 0.3) is 0 Å². The fourth-order valence-electron chi connectivity index (χ4n) is 3.15. The van der Waals surface area contributed by atoms with Gasteiger partial charge in [0, 0.05) is 19.7 Å². The highest BCUT2D eigenvalue weighted by atomic mass is 16.5. The maximum atomic E-state index is 5.82. The van der Waals surface area contributed by atoms with Crippen LogP contribution in [-0.4, -0.2) is 46.4 Å². The molecule has 1 heterocycles. The van der Waals surface area contributed by atoms with Crippen LogP contribution in [0.5, 0.6) is 11.5 Å². The second-order valence-electron chi connectivity index (χ2n) is 5.63. The Kier molecular flexibility index (Phi) is 5.45. The van der Waals surface area contributed by atoms with Crippen LogP contribution < -0.4 is 15.2 Å². The molecule has 0 amide bonds. The number of ether oxygens (including phenoxy) is 3. The fraction of sp³-hybridized carbons (Fsp3) is 0.625. The highest BCUT2D eigenvalue weighted by Crippen LogP contribution is 2.39. The van der Waals surface area contributed by atoms with Gasteiger partial charge in [-0.3, -0.25) is 4.90 Å². The van der Waals surface area contributed by atoms with Crippen LogP contribution >= 0.6 is 0 Å². The predicted molar refractivity (Wildman–Crippen MR) is 82.8 cm³/mol. The van der Waals surface area contributed by atoms with Crippen LogP contribution in [0.3, 0.4) is 0 Å². The number of methoxy groups -OCH3 is 3. The molecule has 0 spiro atoms. The van der Waals surface area contributed by atoms with Gasteiger partial charge in [0.15, 0.2) is 0 Å². The van der Waals surface area contributed by atoms with Gasteiger partial charge in [0.1, 0.15) is 11.5 Å². The van der Waals surface area contributed by atoms with E-state index < -0.39 is 0 Å². The van der Waals surface area contributed by atoms with Crippen molar-refractivity contribution >= 4 is 0 Å². The van der Waals surface area contributed by atoms with Crippen molar-refractivity contribution in [3.8, 4) is 11.5 Å². The third-order valence-corrected chi connectivity index (χ3v) is 4.27. The number of nitrogens with two attached hydrogens (primary N) is 1. The van der Waals surface area contributed by atoms with E-state index in [1.807, 2.05) is 0 Å². The van der Waals surface area contributed by atoms with E-state index in [-0.39, 0.29) is 0 Å². The molecule has 0 bridgehead atoms. The van der Waals surface area contributed by atoms with Gasteiger partial charge in [-0.1, -0.05) is 0 Å². The van der Waals surface area contributed by atoms with E-state index in [4.69, 9.17) is 19.9 Å². The summed E-state index contributed by atoms with van der Waals surface area (Å²) in [4.78, 5) is 2.35. The summed E-state index contributed by atoms with van der Waals surface area (Å²) in [6, 6.07) is 4.55. The van der Waals surface area contributed by atoms with Gasteiger partial charge in [0.2, 0.25) is 0 Å². The molecular weight excluding hydrogens is 268 g/mol. The molecule has 1 aromatic carbocycles. The van der Waals surface area contributed by atoms with E-state index in [2.05, 4.69) is 24.1 Å². The van der Waals surface area contributed by atoms with Gasteiger partial charge < -0.3 is 19.9 Å². The minimum atomic E-state index is 0.359. The normalized spacial score (nSPS) is 22.5. The summed E-state index contributed by atoms with van der Waals surface area (Å²) < 4.78 is 16.3. The first kappa shape index (κ1) is 16.1. The van der Waals surface area contributed by atoms with Crippen molar-refractivity contribution in [2.75, 3.05) is 41.5 Å². The summed E-state index contributed by atoms with van der Waals surface area (Å²) in [7, 11) is 7.17. The van der Waals surface area contributed by atoms with Crippen LogP contribution in [0.15, 0.2) is 12.1 Å². The Bertz CT molecular complexity index is 454. The first-order chi connectivity index (χ1) is 10.1. The molecule has 21 heavy (non-hydrogen) atoms. The summed E-state index contributed by atoms with van der Waals surface area (Å²) in [6.07, 6.45) is 1.07. The number of likely N-dealkylation sites (tertiary alicyclic amines) is 1. The molecule has 2 atom stereocenters. The van der Waals surface area contributed by atoms with E-state index in [0.717, 1.165) is 36.6 Å². The van der Waals surface area contributed by atoms with Crippen LogP contribution in [0.4, 0.5) is 0 Å². The van der Waals surface area contributed by atoms with E-state index in [9.17, 15) is 0 Å². The Morgan fingerprint density at radius 1 is 1.19 bits per heavy atom. The van der Waals surface area contributed by atoms with Gasteiger partial charge in [0.05, 0.1) is 26.4 Å². The summed E-state index contributed by atoms with van der Waals surface area (Å²) >= 11 is 0. The van der Waals surface area contributed by atoms with Crippen LogP contribution in [0.1, 0.15) is 23.6 Å². The standard InChI is InChI=1S/C16H26N2O3/c1-18-9-11(8-17)5-14(18)12-6-15(20-3)13(10-19-2)16(7-12)21-4/h6-7,11,14H,5,8-10,17H2,1-4H3. The maximum Gasteiger partial charge on any atom is 0.128 e. The van der Waals surface area contributed by atoms with Gasteiger partial charge in [-0.05, 0) is 43.6 Å². The monoisotopic (exact) mass is 294 g/mol. The molecular formula is C16H26N2O3. The number of hydrogen-bond acceptors (Lipinski definition) is 5. The lowest BCUT2D eigenvalue weighted by Gasteiger charge is -2.22. The topological polar surface area (TPSA) is 57.0 Å². The molecule has 118 valence electrons. The highest BCUT2D eigenvalue weighted by Gasteiger charge is 2.30. The van der Waals surface area contributed by atoms with Crippen molar-refractivity contribution in [2.24, 2.45) is 11.7 Å². The van der Waals surface area contributed by atoms with Crippen molar-refractivity contribution in [3.63, 3.8) is 0 Å². The molecule has 1 aliphatic rings. The van der Waals surface area contributed by atoms with E-state index in [0.29, 0.717) is 18.6 Å². The Labute approximate surface area is 127 Å². The second-order valence-corrected chi connectivity index (χ2v) is 5.63. The average molecular weight is 294 g/mol. The lowest BCUT2D eigenvalue weighted by Crippen LogP contribution is -2.20. The molecule has 1 fully saturated rings. The number of hydrogen-bond donors (Lipinski definition) is 1. The molecule has 1 aromatic rings. The van der Waals surface area contributed by atoms with Crippen molar-refractivity contribution in [3.05, 3.63) is 23.3 Å². The zero-order valence-electron chi connectivity index (χ0n) is 13.4. The van der Waals surface area contributed by atoms with Crippen LogP contribution in [0.2, 0.25) is 0 Å². The SMILES string of the molecule is COCc1c(OC)cc(C2CC(CN)CN2C)cc1OC. The molecule has 0 aliphatic carbocycles. The zero-order valence-corrected chi connectivity index (χ0v) is 13.4. The number of benzene rings is 1. The van der Waals surface area contributed by atoms with Gasteiger partial charge >= 0.3 is 0 Å². The minimum absolute atomic E-state index is 0.359. The smallest absolute Gasteiger partial charge is 0.128 e. The second kappa shape index (κ2) is 7.11. The molecule has 5 heteroatoms. The highest BCUT2D eigenvalue weighted by molar-refractivity contribution is 5.49. The fourth-order valence-corrected chi connectivity index (χ4v) is 3.15. The van der Waals surface area contributed by atoms with Crippen molar-refractivity contribution < 1.29 is 14.2 Å². The molecule has 1 aliphatic heterocycles. The molecule has 1 saturated heterocycles. The molecule has 0 radical (unpaired) electrons. The Morgan fingerprint density at radius 2 is 1.81 bits per heavy atom. The Morgan fingerprint density at radius 3 is 2.24 bits per heavy atom. The summed E-state index contributed by atoms with van der Waals surface area (Å²) in [5.41, 5.74) is 7.98. The molecule has 0 aromatic heterocycles. The van der Waals surface area contributed by atoms with E-state index in [1.54, 1.807) is 21.3 Å². The minimum Gasteiger partial charge on any atom is -0.496 e. The first-order valence-electron chi connectivity index (χ1n) is 7.28. The molecule has 2 unspecified atom stereocenters. The first-order valence-corrected chi connectivity index (χ1v) is 7.28. The van der Waals surface area contributed by atoms with Crippen LogP contribution in [-0.2, 0) is 11.3 Å². The maximum absolute atomic E-state index is 5.82. The van der Waals surface area contributed by atoms with E-state index >= 15 is 0 Å². The van der Waals surface area contributed by atoms with Gasteiger partial charge in [0.25, 0.3) is 0 Å². The largest absolute Gasteiger partial charge is 0.496 e. The molecule has 2 N–H and O–H groups in total. The van der Waals surface area contributed by atoms with Gasteiger partial charge in [-0.25, -0.2) is 0 Å².